The van der Waals surface area contributed by atoms with Crippen LogP contribution in [0, 0.1) is 5.92 Å². The molecule has 0 spiro atoms. The second-order valence-electron chi connectivity index (χ2n) is 9.15. The number of nitrogens with one attached hydrogen (secondary N) is 1. The van der Waals surface area contributed by atoms with Crippen molar-refractivity contribution in [2.45, 2.75) is 44.2 Å². The summed E-state index contributed by atoms with van der Waals surface area (Å²) in [5.41, 5.74) is 5.79. The number of hydrogen-bond acceptors (Lipinski definition) is 2. The molecule has 2 aliphatic heterocycles. The smallest absolute Gasteiger partial charge is 0.0410 e. The fourth-order valence-corrected chi connectivity index (χ4v) is 6.52. The Kier molecular flexibility index (Phi) is 4.14. The van der Waals surface area contributed by atoms with E-state index in [9.17, 15) is 0 Å². The van der Waals surface area contributed by atoms with E-state index in [0.717, 1.165) is 10.9 Å². The van der Waals surface area contributed by atoms with Crippen LogP contribution in [0.5, 0.6) is 0 Å². The average Bonchev–Trinajstić information content (AvgIpc) is 3.27. The lowest BCUT2D eigenvalue weighted by atomic mass is 9.77. The third-order valence-electron chi connectivity index (χ3n) is 7.61. The molecular formula is C26H27ClN2. The van der Waals surface area contributed by atoms with Crippen LogP contribution in [0.25, 0.3) is 10.8 Å². The molecule has 0 bridgehead atoms. The largest absolute Gasteiger partial charge is 0.382 e. The van der Waals surface area contributed by atoms with E-state index < -0.39 is 0 Å². The predicted molar refractivity (Wildman–Crippen MR) is 122 cm³/mol. The number of nitrogens with zero attached hydrogens (tertiary/aromatic N) is 1. The van der Waals surface area contributed by atoms with Gasteiger partial charge < -0.3 is 5.32 Å². The lowest BCUT2D eigenvalue weighted by Crippen LogP contribution is -2.39. The first-order valence-electron chi connectivity index (χ1n) is 11.0. The Morgan fingerprint density at radius 1 is 0.966 bits per heavy atom. The number of benzene rings is 3. The molecule has 1 N–H and O–H groups in total. The summed E-state index contributed by atoms with van der Waals surface area (Å²) in [5, 5.41) is 7.46. The molecule has 148 valence electrons. The van der Waals surface area contributed by atoms with Crippen LogP contribution < -0.4 is 5.32 Å². The molecular weight excluding hydrogens is 376 g/mol. The summed E-state index contributed by atoms with van der Waals surface area (Å²) in [7, 11) is 0. The molecule has 3 heteroatoms. The molecule has 29 heavy (non-hydrogen) atoms. The van der Waals surface area contributed by atoms with Crippen molar-refractivity contribution < 1.29 is 0 Å². The minimum absolute atomic E-state index is 0.490. The first-order chi connectivity index (χ1) is 14.2. The second kappa shape index (κ2) is 6.75. The number of halogens is 1. The van der Waals surface area contributed by atoms with Crippen molar-refractivity contribution >= 4 is 28.1 Å². The molecule has 3 aromatic rings. The van der Waals surface area contributed by atoms with Crippen LogP contribution in [0.15, 0.2) is 54.6 Å². The number of fused-ring (bicyclic) bond motifs is 1. The molecule has 3 unspecified atom stereocenters. The van der Waals surface area contributed by atoms with E-state index in [1.54, 1.807) is 5.56 Å². The van der Waals surface area contributed by atoms with Crippen molar-refractivity contribution in [1.29, 1.82) is 0 Å². The van der Waals surface area contributed by atoms with Crippen LogP contribution in [-0.2, 0) is 6.42 Å². The summed E-state index contributed by atoms with van der Waals surface area (Å²) in [6.07, 6.45) is 3.71. The molecule has 1 fully saturated rings. The van der Waals surface area contributed by atoms with Gasteiger partial charge in [-0.05, 0) is 90.9 Å². The van der Waals surface area contributed by atoms with Gasteiger partial charge in [0.15, 0.2) is 0 Å². The van der Waals surface area contributed by atoms with Gasteiger partial charge >= 0.3 is 0 Å². The summed E-state index contributed by atoms with van der Waals surface area (Å²) >= 11 is 6.33. The Morgan fingerprint density at radius 3 is 2.59 bits per heavy atom. The first-order valence-corrected chi connectivity index (χ1v) is 11.4. The molecule has 2 nitrogen and oxygen atoms in total. The first kappa shape index (κ1) is 17.8. The maximum Gasteiger partial charge on any atom is 0.0410 e. The van der Waals surface area contributed by atoms with Gasteiger partial charge in [-0.15, -0.1) is 0 Å². The zero-order chi connectivity index (χ0) is 19.5. The zero-order valence-corrected chi connectivity index (χ0v) is 17.6. The third kappa shape index (κ3) is 2.80. The van der Waals surface area contributed by atoms with E-state index >= 15 is 0 Å². The highest BCUT2D eigenvalue weighted by atomic mass is 35.5. The van der Waals surface area contributed by atoms with Gasteiger partial charge in [0.1, 0.15) is 0 Å². The minimum atomic E-state index is 0.490. The second-order valence-corrected chi connectivity index (χ2v) is 9.58. The monoisotopic (exact) mass is 402 g/mol. The van der Waals surface area contributed by atoms with Gasteiger partial charge in [-0.25, -0.2) is 0 Å². The fourth-order valence-electron chi connectivity index (χ4n) is 6.34. The number of piperidine rings is 1. The molecule has 3 aliphatic rings. The molecule has 3 atom stereocenters. The molecule has 0 radical (unpaired) electrons. The highest BCUT2D eigenvalue weighted by Gasteiger charge is 2.39. The zero-order valence-electron chi connectivity index (χ0n) is 16.9. The lowest BCUT2D eigenvalue weighted by molar-refractivity contribution is 0.122. The minimum Gasteiger partial charge on any atom is -0.382 e. The Balaban J connectivity index is 1.22. The number of rotatable bonds is 2. The van der Waals surface area contributed by atoms with E-state index in [-0.39, 0.29) is 0 Å². The van der Waals surface area contributed by atoms with Crippen molar-refractivity contribution in [3.8, 4) is 0 Å². The van der Waals surface area contributed by atoms with Crippen LogP contribution in [0.2, 0.25) is 5.02 Å². The average molecular weight is 403 g/mol. The molecule has 1 aliphatic carbocycles. The van der Waals surface area contributed by atoms with Crippen molar-refractivity contribution in [3.63, 3.8) is 0 Å². The number of anilines is 1. The number of hydrogen-bond donors (Lipinski definition) is 1. The van der Waals surface area contributed by atoms with E-state index in [4.69, 9.17) is 11.6 Å². The van der Waals surface area contributed by atoms with Crippen LogP contribution >= 0.6 is 11.6 Å². The quantitative estimate of drug-likeness (QED) is 0.533. The maximum absolute atomic E-state index is 6.33. The fraction of sp³-hybridized carbons (Fsp3) is 0.385. The Bertz CT molecular complexity index is 1080. The van der Waals surface area contributed by atoms with E-state index in [1.807, 2.05) is 6.07 Å². The maximum atomic E-state index is 6.33. The molecule has 0 saturated carbocycles. The Hall–Kier alpha value is -2.03. The normalized spacial score (nSPS) is 26.6. The van der Waals surface area contributed by atoms with Crippen LogP contribution in [0.3, 0.4) is 0 Å². The molecule has 1 saturated heterocycles. The van der Waals surface area contributed by atoms with Gasteiger partial charge in [0.05, 0.1) is 0 Å². The summed E-state index contributed by atoms with van der Waals surface area (Å²) in [6.45, 7) is 4.72. The summed E-state index contributed by atoms with van der Waals surface area (Å²) in [6, 6.07) is 21.0. The predicted octanol–water partition coefficient (Wildman–Crippen LogP) is 6.40. The number of likely N-dealkylation sites (tertiary alicyclic amines) is 1. The molecule has 3 aromatic carbocycles. The standard InChI is InChI=1S/C26H27ClN2/c1-16-25(22-15-20(27)8-9-23(22)28-16)18-10-12-29(13-11-18)24-14-19-6-2-4-17-5-3-7-21(24)26(17)19/h2-9,15-16,18,24-25,28H,10-14H2,1H3. The summed E-state index contributed by atoms with van der Waals surface area (Å²) in [4.78, 5) is 2.75. The van der Waals surface area contributed by atoms with Crippen molar-refractivity contribution in [1.82, 2.24) is 4.90 Å². The van der Waals surface area contributed by atoms with Crippen LogP contribution in [-0.4, -0.2) is 24.0 Å². The topological polar surface area (TPSA) is 15.3 Å². The van der Waals surface area contributed by atoms with Crippen molar-refractivity contribution in [3.05, 3.63) is 76.3 Å². The SMILES string of the molecule is CC1Nc2ccc(Cl)cc2C1C1CCN(C2Cc3cccc4cccc2c34)CC1. The van der Waals surface area contributed by atoms with E-state index in [2.05, 4.69) is 65.7 Å². The molecule has 6 rings (SSSR count). The van der Waals surface area contributed by atoms with Gasteiger partial charge in [0.2, 0.25) is 0 Å². The summed E-state index contributed by atoms with van der Waals surface area (Å²) < 4.78 is 0. The molecule has 2 heterocycles. The van der Waals surface area contributed by atoms with Gasteiger partial charge in [0, 0.05) is 28.7 Å². The molecule has 0 amide bonds. The van der Waals surface area contributed by atoms with Gasteiger partial charge in [-0.3, -0.25) is 4.90 Å². The Morgan fingerprint density at radius 2 is 1.76 bits per heavy atom. The van der Waals surface area contributed by atoms with E-state index in [0.29, 0.717) is 18.0 Å². The van der Waals surface area contributed by atoms with Crippen molar-refractivity contribution in [2.24, 2.45) is 5.92 Å². The van der Waals surface area contributed by atoms with Gasteiger partial charge in [-0.2, -0.15) is 0 Å². The van der Waals surface area contributed by atoms with Crippen LogP contribution in [0.1, 0.15) is 48.4 Å². The molecule has 0 aromatic heterocycles. The third-order valence-corrected chi connectivity index (χ3v) is 7.85. The summed E-state index contributed by atoms with van der Waals surface area (Å²) in [5.74, 6) is 1.31. The Labute approximate surface area is 177 Å². The van der Waals surface area contributed by atoms with E-state index in [1.165, 1.54) is 59.9 Å². The highest BCUT2D eigenvalue weighted by Crippen LogP contribution is 2.47. The lowest BCUT2D eigenvalue weighted by Gasteiger charge is -2.39. The highest BCUT2D eigenvalue weighted by molar-refractivity contribution is 6.30. The van der Waals surface area contributed by atoms with Gasteiger partial charge in [-0.1, -0.05) is 48.0 Å². The van der Waals surface area contributed by atoms with Crippen molar-refractivity contribution in [2.75, 3.05) is 18.4 Å². The van der Waals surface area contributed by atoms with Gasteiger partial charge in [0.25, 0.3) is 0 Å². The van der Waals surface area contributed by atoms with Crippen LogP contribution in [0.4, 0.5) is 5.69 Å².